The zero-order valence-corrected chi connectivity index (χ0v) is 12.0. The second-order valence-corrected chi connectivity index (χ2v) is 4.40. The number of imidazole rings is 1. The maximum Gasteiger partial charge on any atom is 0.207 e. The lowest BCUT2D eigenvalue weighted by molar-refractivity contribution is 0.183. The molecule has 7 heteroatoms. The van der Waals surface area contributed by atoms with E-state index in [0.717, 1.165) is 37.8 Å². The van der Waals surface area contributed by atoms with E-state index in [9.17, 15) is 0 Å². The molecule has 0 fully saturated rings. The molecule has 0 aliphatic heterocycles. The van der Waals surface area contributed by atoms with Gasteiger partial charge in [-0.2, -0.15) is 5.10 Å². The third kappa shape index (κ3) is 4.07. The Hall–Kier alpha value is -1.86. The summed E-state index contributed by atoms with van der Waals surface area (Å²) in [5, 5.41) is 7.52. The molecule has 7 nitrogen and oxygen atoms in total. The molecule has 0 aliphatic carbocycles. The molecule has 0 atom stereocenters. The van der Waals surface area contributed by atoms with E-state index >= 15 is 0 Å². The Morgan fingerprint density at radius 2 is 2.05 bits per heavy atom. The summed E-state index contributed by atoms with van der Waals surface area (Å²) in [5.74, 6) is 0.812. The van der Waals surface area contributed by atoms with Gasteiger partial charge in [0, 0.05) is 46.0 Å². The van der Waals surface area contributed by atoms with Crippen molar-refractivity contribution in [2.24, 2.45) is 0 Å². The van der Waals surface area contributed by atoms with Crippen LogP contribution in [0, 0.1) is 0 Å². The van der Waals surface area contributed by atoms with Gasteiger partial charge in [-0.15, -0.1) is 0 Å². The predicted octanol–water partition coefficient (Wildman–Crippen LogP) is 1.51. The number of ether oxygens (including phenoxy) is 2. The lowest BCUT2D eigenvalue weighted by atomic mass is 10.4. The molecule has 0 aliphatic rings. The highest BCUT2D eigenvalue weighted by Crippen LogP contribution is 2.14. The Labute approximate surface area is 118 Å². The van der Waals surface area contributed by atoms with Gasteiger partial charge in [-0.1, -0.05) is 0 Å². The number of hydrogen-bond donors (Lipinski definition) is 1. The van der Waals surface area contributed by atoms with E-state index in [1.54, 1.807) is 26.6 Å². The number of aryl methyl sites for hydroxylation is 1. The molecule has 0 unspecified atom stereocenters. The lowest BCUT2D eigenvalue weighted by Crippen LogP contribution is -2.05. The molecule has 0 aromatic carbocycles. The average Bonchev–Trinajstić information content (AvgIpc) is 3.07. The Morgan fingerprint density at radius 3 is 2.85 bits per heavy atom. The third-order valence-corrected chi connectivity index (χ3v) is 2.88. The van der Waals surface area contributed by atoms with Crippen molar-refractivity contribution in [1.29, 1.82) is 0 Å². The van der Waals surface area contributed by atoms with Crippen LogP contribution < -0.4 is 5.32 Å². The number of anilines is 2. The van der Waals surface area contributed by atoms with E-state index in [4.69, 9.17) is 9.47 Å². The zero-order chi connectivity index (χ0) is 14.2. The molecular formula is C13H21N5O2. The first kappa shape index (κ1) is 14.5. The van der Waals surface area contributed by atoms with Crippen LogP contribution in [0.1, 0.15) is 6.42 Å². The van der Waals surface area contributed by atoms with Crippen molar-refractivity contribution < 1.29 is 9.47 Å². The maximum absolute atomic E-state index is 5.06. The van der Waals surface area contributed by atoms with Gasteiger partial charge < -0.3 is 19.4 Å². The topological polar surface area (TPSA) is 66.1 Å². The summed E-state index contributed by atoms with van der Waals surface area (Å²) in [7, 11) is 3.39. The second-order valence-electron chi connectivity index (χ2n) is 4.40. The van der Waals surface area contributed by atoms with Crippen LogP contribution >= 0.6 is 0 Å². The van der Waals surface area contributed by atoms with Crippen molar-refractivity contribution in [3.63, 3.8) is 0 Å². The number of methoxy groups -OCH3 is 2. The van der Waals surface area contributed by atoms with E-state index in [0.29, 0.717) is 6.61 Å². The lowest BCUT2D eigenvalue weighted by Gasteiger charge is -2.08. The summed E-state index contributed by atoms with van der Waals surface area (Å²) in [6, 6.07) is 0. The Kier molecular flexibility index (Phi) is 5.57. The van der Waals surface area contributed by atoms with Crippen molar-refractivity contribution >= 4 is 11.6 Å². The van der Waals surface area contributed by atoms with E-state index in [-0.39, 0.29) is 0 Å². The quantitative estimate of drug-likeness (QED) is 0.705. The third-order valence-electron chi connectivity index (χ3n) is 2.88. The molecule has 1 N–H and O–H groups in total. The first-order chi connectivity index (χ1) is 9.83. The van der Waals surface area contributed by atoms with Crippen LogP contribution in [-0.4, -0.2) is 46.8 Å². The van der Waals surface area contributed by atoms with Crippen LogP contribution in [0.3, 0.4) is 0 Å². The molecule has 20 heavy (non-hydrogen) atoms. The van der Waals surface area contributed by atoms with Crippen molar-refractivity contribution in [2.45, 2.75) is 19.5 Å². The summed E-state index contributed by atoms with van der Waals surface area (Å²) in [6.45, 7) is 2.99. The molecule has 0 amide bonds. The zero-order valence-electron chi connectivity index (χ0n) is 12.0. The summed E-state index contributed by atoms with van der Waals surface area (Å²) in [4.78, 5) is 4.31. The molecular weight excluding hydrogens is 258 g/mol. The first-order valence-electron chi connectivity index (χ1n) is 6.62. The molecule has 110 valence electrons. The van der Waals surface area contributed by atoms with Crippen molar-refractivity contribution in [3.8, 4) is 0 Å². The van der Waals surface area contributed by atoms with Crippen LogP contribution in [0.25, 0.3) is 0 Å². The van der Waals surface area contributed by atoms with Crippen molar-refractivity contribution in [1.82, 2.24) is 19.3 Å². The number of rotatable bonds is 9. The molecule has 0 spiro atoms. The molecule has 2 aromatic heterocycles. The van der Waals surface area contributed by atoms with Gasteiger partial charge in [-0.25, -0.2) is 4.98 Å². The molecule has 0 bridgehead atoms. The van der Waals surface area contributed by atoms with Gasteiger partial charge in [0.05, 0.1) is 25.0 Å². The van der Waals surface area contributed by atoms with Crippen LogP contribution in [0.2, 0.25) is 0 Å². The van der Waals surface area contributed by atoms with Crippen LogP contribution in [0.5, 0.6) is 0 Å². The van der Waals surface area contributed by atoms with Crippen LogP contribution in [0.15, 0.2) is 24.8 Å². The minimum atomic E-state index is 0.646. The second kappa shape index (κ2) is 7.66. The monoisotopic (exact) mass is 279 g/mol. The molecule has 2 aromatic rings. The van der Waals surface area contributed by atoms with Gasteiger partial charge in [0.25, 0.3) is 0 Å². The van der Waals surface area contributed by atoms with E-state index in [1.165, 1.54) is 0 Å². The highest BCUT2D eigenvalue weighted by Gasteiger charge is 2.05. The van der Waals surface area contributed by atoms with Gasteiger partial charge in [0.2, 0.25) is 5.95 Å². The molecule has 2 heterocycles. The Bertz CT molecular complexity index is 508. The smallest absolute Gasteiger partial charge is 0.207 e. The normalized spacial score (nSPS) is 10.9. The molecule has 0 saturated heterocycles. The molecule has 0 radical (unpaired) electrons. The van der Waals surface area contributed by atoms with E-state index < -0.39 is 0 Å². The minimum absolute atomic E-state index is 0.646. The van der Waals surface area contributed by atoms with E-state index in [2.05, 4.69) is 20.0 Å². The van der Waals surface area contributed by atoms with Crippen molar-refractivity contribution in [3.05, 3.63) is 24.8 Å². The number of nitrogens with one attached hydrogen (secondary N) is 1. The van der Waals surface area contributed by atoms with Crippen molar-refractivity contribution in [2.75, 3.05) is 32.8 Å². The molecule has 2 rings (SSSR count). The Morgan fingerprint density at radius 1 is 1.20 bits per heavy atom. The summed E-state index contributed by atoms with van der Waals surface area (Å²) in [5.41, 5.74) is 0.917. The largest absolute Gasteiger partial charge is 0.385 e. The van der Waals surface area contributed by atoms with Gasteiger partial charge in [0.1, 0.15) is 0 Å². The summed E-state index contributed by atoms with van der Waals surface area (Å²) < 4.78 is 14.0. The highest BCUT2D eigenvalue weighted by molar-refractivity contribution is 5.50. The van der Waals surface area contributed by atoms with Gasteiger partial charge in [-0.3, -0.25) is 4.68 Å². The average molecular weight is 279 g/mol. The molecule has 0 saturated carbocycles. The fraction of sp³-hybridized carbons (Fsp3) is 0.538. The van der Waals surface area contributed by atoms with Gasteiger partial charge >= 0.3 is 0 Å². The fourth-order valence-electron chi connectivity index (χ4n) is 1.86. The standard InChI is InChI=1S/C13H21N5O2/c1-19-8-3-5-17-6-4-14-13(17)16-12-10-15-18(11-12)7-9-20-2/h4,6,10-11H,3,5,7-9H2,1-2H3,(H,14,16). The maximum atomic E-state index is 5.06. The van der Waals surface area contributed by atoms with Gasteiger partial charge in [-0.05, 0) is 6.42 Å². The highest BCUT2D eigenvalue weighted by atomic mass is 16.5. The fourth-order valence-corrected chi connectivity index (χ4v) is 1.86. The number of aromatic nitrogens is 4. The SMILES string of the molecule is COCCCn1ccnc1Nc1cnn(CCOC)c1. The number of hydrogen-bond acceptors (Lipinski definition) is 5. The summed E-state index contributed by atoms with van der Waals surface area (Å²) in [6.07, 6.45) is 8.41. The van der Waals surface area contributed by atoms with Crippen LogP contribution in [0.4, 0.5) is 11.6 Å². The predicted molar refractivity (Wildman–Crippen MR) is 76.1 cm³/mol. The van der Waals surface area contributed by atoms with E-state index in [1.807, 2.05) is 17.1 Å². The van der Waals surface area contributed by atoms with Crippen LogP contribution in [-0.2, 0) is 22.6 Å². The van der Waals surface area contributed by atoms with Gasteiger partial charge in [0.15, 0.2) is 0 Å². The number of nitrogens with zero attached hydrogens (tertiary/aromatic N) is 4. The Balaban J connectivity index is 1.92. The summed E-state index contributed by atoms with van der Waals surface area (Å²) >= 11 is 0. The minimum Gasteiger partial charge on any atom is -0.385 e. The first-order valence-corrected chi connectivity index (χ1v) is 6.62.